The maximum Gasteiger partial charge on any atom is 0.290 e. The highest BCUT2D eigenvalue weighted by Gasteiger charge is 2.24. The van der Waals surface area contributed by atoms with Crippen LogP contribution in [0, 0.1) is 13.8 Å². The van der Waals surface area contributed by atoms with Crippen molar-refractivity contribution in [1.29, 1.82) is 0 Å². The molecular weight excluding hydrogens is 440 g/mol. The number of carbonyl (C=O) groups excluding carboxylic acids is 2. The summed E-state index contributed by atoms with van der Waals surface area (Å²) in [7, 11) is 0. The fourth-order valence-corrected chi connectivity index (χ4v) is 3.97. The molecule has 0 spiro atoms. The van der Waals surface area contributed by atoms with Crippen molar-refractivity contribution >= 4 is 17.6 Å². The quantitative estimate of drug-likeness (QED) is 0.344. The number of unbranched alkanes of at least 4 members (excludes halogenated alkanes) is 1. The topological polar surface area (TPSA) is 80.4 Å². The van der Waals surface area contributed by atoms with Crippen molar-refractivity contribution in [3.63, 3.8) is 0 Å². The van der Waals surface area contributed by atoms with Gasteiger partial charge in [-0.3, -0.25) is 9.59 Å². The maximum atomic E-state index is 13.3. The second-order valence-corrected chi connectivity index (χ2v) is 8.53. The number of benzene rings is 2. The van der Waals surface area contributed by atoms with E-state index in [4.69, 9.17) is 9.52 Å². The normalized spacial score (nSPS) is 10.8. The van der Waals surface area contributed by atoms with E-state index in [0.29, 0.717) is 12.4 Å². The summed E-state index contributed by atoms with van der Waals surface area (Å²) < 4.78 is 7.04. The zero-order chi connectivity index (χ0) is 24.8. The predicted octanol–water partition coefficient (Wildman–Crippen LogP) is 5.63. The van der Waals surface area contributed by atoms with Gasteiger partial charge in [-0.05, 0) is 50.1 Å². The van der Waals surface area contributed by atoms with Gasteiger partial charge in [-0.25, -0.2) is 4.68 Å². The largest absolute Gasteiger partial charge is 0.459 e. The molecule has 7 nitrogen and oxygen atoms in total. The zero-order valence-corrected chi connectivity index (χ0v) is 20.3. The summed E-state index contributed by atoms with van der Waals surface area (Å²) in [6.07, 6.45) is 3.15. The van der Waals surface area contributed by atoms with Gasteiger partial charge in [-0.15, -0.1) is 0 Å². The molecule has 0 saturated carbocycles. The molecule has 0 unspecified atom stereocenters. The van der Waals surface area contributed by atoms with E-state index >= 15 is 0 Å². The number of hydrogen-bond donors (Lipinski definition) is 1. The molecule has 2 aromatic carbocycles. The van der Waals surface area contributed by atoms with E-state index in [1.807, 2.05) is 75.4 Å². The van der Waals surface area contributed by atoms with Crippen molar-refractivity contribution in [2.24, 2.45) is 0 Å². The number of aryl methyl sites for hydroxylation is 2. The minimum Gasteiger partial charge on any atom is -0.459 e. The number of rotatable bonds is 9. The molecule has 180 valence electrons. The summed E-state index contributed by atoms with van der Waals surface area (Å²) in [5, 5.41) is 7.81. The number of hydrogen-bond acceptors (Lipinski definition) is 4. The Morgan fingerprint density at radius 3 is 2.40 bits per heavy atom. The van der Waals surface area contributed by atoms with Gasteiger partial charge in [0.25, 0.3) is 5.91 Å². The van der Waals surface area contributed by atoms with E-state index in [0.717, 1.165) is 40.9 Å². The average Bonchev–Trinajstić information content (AvgIpc) is 3.51. The summed E-state index contributed by atoms with van der Waals surface area (Å²) >= 11 is 0. The van der Waals surface area contributed by atoms with Crippen molar-refractivity contribution < 1.29 is 14.0 Å². The first kappa shape index (κ1) is 24.0. The van der Waals surface area contributed by atoms with E-state index in [1.54, 1.807) is 16.8 Å². The van der Waals surface area contributed by atoms with Gasteiger partial charge in [0, 0.05) is 12.1 Å². The first-order chi connectivity index (χ1) is 17.0. The molecule has 4 rings (SSSR count). The number of nitrogens with zero attached hydrogens (tertiary/aromatic N) is 3. The summed E-state index contributed by atoms with van der Waals surface area (Å²) in [5.74, 6) is 0.194. The third-order valence-corrected chi connectivity index (χ3v) is 5.79. The highest BCUT2D eigenvalue weighted by molar-refractivity contribution is 6.00. The van der Waals surface area contributed by atoms with Crippen molar-refractivity contribution in [3.05, 3.63) is 90.0 Å². The molecule has 4 aromatic rings. The molecule has 0 aliphatic carbocycles. The zero-order valence-electron chi connectivity index (χ0n) is 20.3. The highest BCUT2D eigenvalue weighted by Crippen LogP contribution is 2.33. The number of furan rings is 1. The molecule has 1 N–H and O–H groups in total. The van der Waals surface area contributed by atoms with Crippen LogP contribution in [0.1, 0.15) is 41.6 Å². The van der Waals surface area contributed by atoms with Crippen LogP contribution in [0.4, 0.5) is 5.82 Å². The Morgan fingerprint density at radius 2 is 1.74 bits per heavy atom. The van der Waals surface area contributed by atoms with Crippen LogP contribution in [-0.4, -0.2) is 39.6 Å². The van der Waals surface area contributed by atoms with E-state index in [1.165, 1.54) is 11.2 Å². The Kier molecular flexibility index (Phi) is 7.45. The van der Waals surface area contributed by atoms with Crippen LogP contribution < -0.4 is 5.32 Å². The molecule has 0 aliphatic heterocycles. The van der Waals surface area contributed by atoms with Gasteiger partial charge in [0.05, 0.1) is 17.6 Å². The molecule has 0 aliphatic rings. The Bertz CT molecular complexity index is 1280. The lowest BCUT2D eigenvalue weighted by Crippen LogP contribution is -2.38. The number of carbonyl (C=O) groups is 2. The minimum absolute atomic E-state index is 0.0914. The number of aromatic nitrogens is 2. The van der Waals surface area contributed by atoms with Crippen LogP contribution >= 0.6 is 0 Å². The van der Waals surface area contributed by atoms with E-state index in [-0.39, 0.29) is 24.1 Å². The standard InChI is InChI=1S/C28H30N4O3/c1-4-5-17-31(28(34)24-12-9-18-35-24)19-25(33)29-27-26(22-10-7-6-8-11-22)21(3)30-32(27)23-15-13-20(2)14-16-23/h6-16,18H,4-5,17,19H2,1-3H3,(H,29,33). The van der Waals surface area contributed by atoms with Crippen LogP contribution in [0.2, 0.25) is 0 Å². The molecule has 35 heavy (non-hydrogen) atoms. The molecule has 0 atom stereocenters. The van der Waals surface area contributed by atoms with E-state index in [2.05, 4.69) is 5.32 Å². The monoisotopic (exact) mass is 470 g/mol. The van der Waals surface area contributed by atoms with Crippen molar-refractivity contribution in [2.75, 3.05) is 18.4 Å². The summed E-state index contributed by atoms with van der Waals surface area (Å²) in [6, 6.07) is 21.1. The van der Waals surface area contributed by atoms with Crippen LogP contribution in [0.25, 0.3) is 16.8 Å². The third-order valence-electron chi connectivity index (χ3n) is 5.79. The second kappa shape index (κ2) is 10.9. The van der Waals surface area contributed by atoms with Gasteiger partial charge in [-0.1, -0.05) is 61.4 Å². The van der Waals surface area contributed by atoms with E-state index in [9.17, 15) is 9.59 Å². The predicted molar refractivity (Wildman–Crippen MR) is 137 cm³/mol. The lowest BCUT2D eigenvalue weighted by atomic mass is 10.1. The molecule has 0 fully saturated rings. The fraction of sp³-hybridized carbons (Fsp3) is 0.250. The summed E-state index contributed by atoms with van der Waals surface area (Å²) in [4.78, 5) is 27.8. The van der Waals surface area contributed by atoms with Crippen molar-refractivity contribution in [1.82, 2.24) is 14.7 Å². The summed E-state index contributed by atoms with van der Waals surface area (Å²) in [5.41, 5.74) is 4.56. The number of amides is 2. The molecule has 2 amide bonds. The fourth-order valence-electron chi connectivity index (χ4n) is 3.97. The highest BCUT2D eigenvalue weighted by atomic mass is 16.3. The molecule has 2 aromatic heterocycles. The van der Waals surface area contributed by atoms with Gasteiger partial charge >= 0.3 is 0 Å². The first-order valence-corrected chi connectivity index (χ1v) is 11.8. The van der Waals surface area contributed by atoms with Gasteiger partial charge in [-0.2, -0.15) is 5.10 Å². The van der Waals surface area contributed by atoms with Gasteiger partial charge in [0.1, 0.15) is 12.4 Å². The summed E-state index contributed by atoms with van der Waals surface area (Å²) in [6.45, 7) is 6.37. The van der Waals surface area contributed by atoms with Crippen LogP contribution in [0.15, 0.2) is 77.4 Å². The number of nitrogens with one attached hydrogen (secondary N) is 1. The smallest absolute Gasteiger partial charge is 0.290 e. The Balaban J connectivity index is 1.67. The van der Waals surface area contributed by atoms with Crippen LogP contribution in [0.5, 0.6) is 0 Å². The second-order valence-electron chi connectivity index (χ2n) is 8.53. The Labute approximate surface area is 205 Å². The molecule has 0 bridgehead atoms. The number of anilines is 1. The lowest BCUT2D eigenvalue weighted by Gasteiger charge is -2.21. The molecular formula is C28H30N4O3. The SMILES string of the molecule is CCCCN(CC(=O)Nc1c(-c2ccccc2)c(C)nn1-c1ccc(C)cc1)C(=O)c1ccco1. The van der Waals surface area contributed by atoms with Gasteiger partial charge < -0.3 is 14.6 Å². The first-order valence-electron chi connectivity index (χ1n) is 11.8. The van der Waals surface area contributed by atoms with E-state index < -0.39 is 0 Å². The average molecular weight is 471 g/mol. The van der Waals surface area contributed by atoms with Crippen molar-refractivity contribution in [3.8, 4) is 16.8 Å². The minimum atomic E-state index is -0.301. The molecule has 0 radical (unpaired) electrons. The molecule has 7 heteroatoms. The van der Waals surface area contributed by atoms with Crippen molar-refractivity contribution in [2.45, 2.75) is 33.6 Å². The van der Waals surface area contributed by atoms with Crippen LogP contribution in [0.3, 0.4) is 0 Å². The molecule has 2 heterocycles. The maximum absolute atomic E-state index is 13.3. The molecule has 0 saturated heterocycles. The van der Waals surface area contributed by atoms with Gasteiger partial charge in [0.2, 0.25) is 5.91 Å². The Morgan fingerprint density at radius 1 is 1.00 bits per heavy atom. The third kappa shape index (κ3) is 5.51. The Hall–Kier alpha value is -4.13. The van der Waals surface area contributed by atoms with Crippen LogP contribution in [-0.2, 0) is 4.79 Å². The lowest BCUT2D eigenvalue weighted by molar-refractivity contribution is -0.117. The van der Waals surface area contributed by atoms with Gasteiger partial charge in [0.15, 0.2) is 5.76 Å².